The molecule has 3 amide bonds. The first kappa shape index (κ1) is 49.7. The summed E-state index contributed by atoms with van der Waals surface area (Å²) in [5, 5.41) is 31.7. The third-order valence-electron chi connectivity index (χ3n) is 7.46. The molecule has 0 radical (unpaired) electrons. The summed E-state index contributed by atoms with van der Waals surface area (Å²) in [6, 6.07) is 16.8. The molecule has 2 aliphatic heterocycles. The number of ether oxygens (including phenoxy) is 2. The van der Waals surface area contributed by atoms with Gasteiger partial charge in [-0.15, -0.1) is 0 Å². The Labute approximate surface area is 382 Å². The van der Waals surface area contributed by atoms with Gasteiger partial charge >= 0.3 is 5.97 Å². The van der Waals surface area contributed by atoms with E-state index in [2.05, 4.69) is 46.4 Å². The maximum absolute atomic E-state index is 13.1. The number of phenols is 1. The molecular formula is C39H36BrF3N10O8S3. The third-order valence-corrected chi connectivity index (χ3v) is 10.3. The molecule has 8 rings (SSSR count). The lowest BCUT2D eigenvalue weighted by atomic mass is 10.1. The van der Waals surface area contributed by atoms with Crippen molar-refractivity contribution in [3.8, 4) is 27.4 Å². The highest BCUT2D eigenvalue weighted by atomic mass is 79.9. The number of carbonyl (C=O) groups is 4. The van der Waals surface area contributed by atoms with Crippen LogP contribution in [-0.2, 0) is 19.2 Å². The highest BCUT2D eigenvalue weighted by Crippen LogP contribution is 2.31. The molecule has 5 heterocycles. The Kier molecular flexibility index (Phi) is 19.1. The van der Waals surface area contributed by atoms with Crippen molar-refractivity contribution in [3.63, 3.8) is 0 Å². The standard InChI is InChI=1S/C15H13FN4O3S.C9H7FN2OS.C6H5FO.C6H8N2O3.C3H3BrN2S/c1-20-12(21)6-5-11(19-20)14(22)18-15-17-8-13(24-15)23-10-4-2-3-9(16)7-10;10-6-2-1-3-7(4-6)13-8-5-12-9(11)14-8;7-5-2-1-3-6(8)4-5;1-8-5(9)3-2-4(7-8)6(10)11;4-2-1-6-3(5)7-2/h2-4,7-8H,5-6H2,1H3,(H,17,18,22);1-5H,(H2,11,12);1-4,8H;2-3H2,1H3,(H,10,11);1H,(H2,5,6). The van der Waals surface area contributed by atoms with Gasteiger partial charge in [-0.3, -0.25) is 19.7 Å². The highest BCUT2D eigenvalue weighted by Gasteiger charge is 2.23. The average molecular weight is 1010 g/mol. The van der Waals surface area contributed by atoms with E-state index in [4.69, 9.17) is 31.2 Å². The van der Waals surface area contributed by atoms with Gasteiger partial charge in [0.2, 0.25) is 21.9 Å². The van der Waals surface area contributed by atoms with Gasteiger partial charge in [0.05, 0.1) is 22.4 Å². The summed E-state index contributed by atoms with van der Waals surface area (Å²) >= 11 is 6.95. The van der Waals surface area contributed by atoms with Crippen LogP contribution in [0.25, 0.3) is 0 Å². The minimum atomic E-state index is -1.05. The Bertz CT molecular complexity index is 2580. The SMILES string of the molecule is CN1N=C(C(=O)Nc2ncc(Oc3cccc(F)c3)s2)CCC1=O.CN1N=C(C(=O)O)CCC1=O.Nc1ncc(Br)s1.Nc1ncc(Oc2cccc(F)c2)s1.Oc1cccc(F)c1. The number of phenolic OH excluding ortho intramolecular Hbond substituents is 1. The molecule has 18 nitrogen and oxygen atoms in total. The number of anilines is 3. The number of nitrogens with zero attached hydrogens (tertiary/aromatic N) is 7. The van der Waals surface area contributed by atoms with Gasteiger partial charge in [-0.2, -0.15) is 10.2 Å². The largest absolute Gasteiger partial charge is 0.508 e. The Balaban J connectivity index is 0.000000191. The van der Waals surface area contributed by atoms with E-state index in [0.29, 0.717) is 37.0 Å². The van der Waals surface area contributed by atoms with E-state index in [0.717, 1.165) is 31.2 Å². The molecule has 0 spiro atoms. The van der Waals surface area contributed by atoms with Crippen molar-refractivity contribution in [2.75, 3.05) is 30.9 Å². The number of hydrogen-bond acceptors (Lipinski definition) is 17. The number of aliphatic carboxylic acids is 1. The molecule has 336 valence electrons. The van der Waals surface area contributed by atoms with Crippen LogP contribution in [0.1, 0.15) is 25.7 Å². The molecule has 0 aliphatic carbocycles. The molecule has 3 aromatic carbocycles. The first-order valence-electron chi connectivity index (χ1n) is 18.0. The number of carboxylic acids is 1. The summed E-state index contributed by atoms with van der Waals surface area (Å²) in [5.74, 6) is -2.15. The van der Waals surface area contributed by atoms with Crippen LogP contribution in [0.2, 0.25) is 0 Å². The number of benzene rings is 3. The van der Waals surface area contributed by atoms with Crippen LogP contribution < -0.4 is 26.3 Å². The maximum Gasteiger partial charge on any atom is 0.352 e. The number of nitrogens with two attached hydrogens (primary N) is 2. The number of halogens is 4. The number of amides is 3. The van der Waals surface area contributed by atoms with Gasteiger partial charge in [0.25, 0.3) is 5.91 Å². The highest BCUT2D eigenvalue weighted by molar-refractivity contribution is 9.11. The van der Waals surface area contributed by atoms with E-state index in [1.165, 1.54) is 97.7 Å². The smallest absolute Gasteiger partial charge is 0.352 e. The molecule has 64 heavy (non-hydrogen) atoms. The molecule has 2 aliphatic rings. The summed E-state index contributed by atoms with van der Waals surface area (Å²) in [6.07, 6.45) is 5.62. The van der Waals surface area contributed by atoms with Crippen LogP contribution in [0.5, 0.6) is 27.4 Å². The van der Waals surface area contributed by atoms with Gasteiger partial charge in [0, 0.05) is 58.0 Å². The molecule has 25 heteroatoms. The lowest BCUT2D eigenvalue weighted by molar-refractivity contribution is -0.132. The first-order valence-corrected chi connectivity index (χ1v) is 21.3. The van der Waals surface area contributed by atoms with E-state index in [1.807, 2.05) is 0 Å². The van der Waals surface area contributed by atoms with Crippen molar-refractivity contribution in [2.24, 2.45) is 10.2 Å². The lowest BCUT2D eigenvalue weighted by Crippen LogP contribution is -2.34. The summed E-state index contributed by atoms with van der Waals surface area (Å²) in [6.45, 7) is 0. The van der Waals surface area contributed by atoms with Crippen LogP contribution in [0.3, 0.4) is 0 Å². The van der Waals surface area contributed by atoms with Crippen LogP contribution >= 0.6 is 49.9 Å². The van der Waals surface area contributed by atoms with Crippen molar-refractivity contribution >= 4 is 100 Å². The zero-order valence-electron chi connectivity index (χ0n) is 33.4. The van der Waals surface area contributed by atoms with Gasteiger partial charge in [-0.25, -0.2) is 42.9 Å². The number of carbonyl (C=O) groups excluding carboxylic acids is 3. The predicted molar refractivity (Wildman–Crippen MR) is 239 cm³/mol. The van der Waals surface area contributed by atoms with E-state index in [1.54, 1.807) is 24.4 Å². The fourth-order valence-corrected chi connectivity index (χ4v) is 6.79. The van der Waals surface area contributed by atoms with Gasteiger partial charge < -0.3 is 31.2 Å². The first-order chi connectivity index (χ1) is 30.4. The number of carboxylic acid groups (broad SMARTS) is 1. The summed E-state index contributed by atoms with van der Waals surface area (Å²) in [7, 11) is 2.95. The molecule has 0 fully saturated rings. The second kappa shape index (κ2) is 24.6. The summed E-state index contributed by atoms with van der Waals surface area (Å²) < 4.78 is 49.7. The number of rotatable bonds is 7. The zero-order valence-corrected chi connectivity index (χ0v) is 37.4. The molecule has 7 N–H and O–H groups in total. The van der Waals surface area contributed by atoms with Crippen LogP contribution in [-0.4, -0.2) is 84.4 Å². The molecule has 0 atom stereocenters. The number of aromatic hydroxyl groups is 1. The topological polar surface area (TPSA) is 261 Å². The average Bonchev–Trinajstić information content (AvgIpc) is 3.98. The Hall–Kier alpha value is -6.96. The summed E-state index contributed by atoms with van der Waals surface area (Å²) in [4.78, 5) is 56.2. The number of aromatic nitrogens is 3. The summed E-state index contributed by atoms with van der Waals surface area (Å²) in [5.41, 5.74) is 11.0. The number of thiazole rings is 3. The van der Waals surface area contributed by atoms with Crippen LogP contribution in [0.15, 0.2) is 105 Å². The molecule has 0 unspecified atom stereocenters. The van der Waals surface area contributed by atoms with Crippen LogP contribution in [0, 0.1) is 17.5 Å². The van der Waals surface area contributed by atoms with Crippen molar-refractivity contribution < 1.29 is 52.0 Å². The van der Waals surface area contributed by atoms with E-state index < -0.39 is 23.5 Å². The van der Waals surface area contributed by atoms with E-state index >= 15 is 0 Å². The lowest BCUT2D eigenvalue weighted by Gasteiger charge is -2.18. The van der Waals surface area contributed by atoms with Crippen LogP contribution in [0.4, 0.5) is 28.6 Å². The van der Waals surface area contributed by atoms with Gasteiger partial charge in [-0.05, 0) is 52.3 Å². The Morgan fingerprint density at radius 3 is 1.61 bits per heavy atom. The number of nitrogen functional groups attached to an aromatic ring is 2. The van der Waals surface area contributed by atoms with Crippen molar-refractivity contribution in [1.82, 2.24) is 25.0 Å². The maximum atomic E-state index is 13.1. The number of hydrogen-bond donors (Lipinski definition) is 5. The van der Waals surface area contributed by atoms with E-state index in [-0.39, 0.29) is 60.5 Å². The van der Waals surface area contributed by atoms with Gasteiger partial charge in [-0.1, -0.05) is 52.2 Å². The molecular weight excluding hydrogens is 970 g/mol. The molecule has 0 bridgehead atoms. The predicted octanol–water partition coefficient (Wildman–Crippen LogP) is 7.98. The van der Waals surface area contributed by atoms with Gasteiger partial charge in [0.1, 0.15) is 46.1 Å². The molecule has 0 saturated carbocycles. The van der Waals surface area contributed by atoms with Gasteiger partial charge in [0.15, 0.2) is 15.4 Å². The molecule has 6 aromatic rings. The third kappa shape index (κ3) is 17.4. The minimum Gasteiger partial charge on any atom is -0.508 e. The molecule has 0 saturated heterocycles. The normalized spacial score (nSPS) is 12.8. The monoisotopic (exact) mass is 1000 g/mol. The van der Waals surface area contributed by atoms with Crippen molar-refractivity contribution in [2.45, 2.75) is 25.7 Å². The van der Waals surface area contributed by atoms with Crippen molar-refractivity contribution in [3.05, 3.63) is 113 Å². The van der Waals surface area contributed by atoms with E-state index in [9.17, 15) is 32.3 Å². The molecule has 3 aromatic heterocycles. The Morgan fingerprint density at radius 2 is 1.19 bits per heavy atom. The van der Waals surface area contributed by atoms with Crippen molar-refractivity contribution in [1.29, 1.82) is 0 Å². The number of nitrogens with one attached hydrogen (secondary N) is 1. The number of hydrazone groups is 2. The Morgan fingerprint density at radius 1 is 0.703 bits per heavy atom. The fraction of sp³-hybridized carbons (Fsp3) is 0.154. The minimum absolute atomic E-state index is 0.0370. The fourth-order valence-electron chi connectivity index (χ4n) is 4.55. The second-order valence-corrected chi connectivity index (χ2v) is 16.8. The quantitative estimate of drug-likeness (QED) is 0.102. The second-order valence-electron chi connectivity index (χ2n) is 12.3. The zero-order chi connectivity index (χ0) is 46.8.